The van der Waals surface area contributed by atoms with Gasteiger partial charge in [-0.05, 0) is 47.9 Å². The summed E-state index contributed by atoms with van der Waals surface area (Å²) in [5.41, 5.74) is 2.85. The lowest BCUT2D eigenvalue weighted by molar-refractivity contribution is 0.0985. The maximum absolute atomic E-state index is 13.0. The highest BCUT2D eigenvalue weighted by atomic mass is 35.5. The lowest BCUT2D eigenvalue weighted by Crippen LogP contribution is -2.36. The Morgan fingerprint density at radius 1 is 1.15 bits per heavy atom. The zero-order chi connectivity index (χ0) is 18.3. The van der Waals surface area contributed by atoms with Crippen LogP contribution in [0.2, 0.25) is 5.02 Å². The maximum atomic E-state index is 13.0. The summed E-state index contributed by atoms with van der Waals surface area (Å²) in [4.78, 5) is 16.6. The number of thiophene rings is 1. The molecule has 4 nitrogen and oxygen atoms in total. The number of phenols is 1. The average Bonchev–Trinajstić information content (AvgIpc) is 3.08. The number of nitrogens with zero attached hydrogens (tertiary/aromatic N) is 1. The van der Waals surface area contributed by atoms with E-state index in [0.29, 0.717) is 17.3 Å². The van der Waals surface area contributed by atoms with E-state index in [1.54, 1.807) is 23.1 Å². The van der Waals surface area contributed by atoms with Gasteiger partial charge < -0.3 is 14.7 Å². The molecule has 1 aliphatic rings. The first-order chi connectivity index (χ1) is 12.6. The summed E-state index contributed by atoms with van der Waals surface area (Å²) in [7, 11) is 1.49. The van der Waals surface area contributed by atoms with E-state index < -0.39 is 0 Å². The maximum Gasteiger partial charge on any atom is 0.268 e. The summed E-state index contributed by atoms with van der Waals surface area (Å²) >= 11 is 7.46. The van der Waals surface area contributed by atoms with Gasteiger partial charge in [0.15, 0.2) is 11.5 Å². The molecule has 0 unspecified atom stereocenters. The molecule has 1 amide bonds. The molecular formula is C20H16ClNO3S. The third-order valence-corrected chi connectivity index (χ3v) is 5.92. The quantitative estimate of drug-likeness (QED) is 0.691. The molecule has 132 valence electrons. The van der Waals surface area contributed by atoms with Crippen LogP contribution in [0.3, 0.4) is 0 Å². The van der Waals surface area contributed by atoms with Crippen molar-refractivity contribution in [2.75, 3.05) is 18.6 Å². The molecule has 0 aliphatic carbocycles. The Hall–Kier alpha value is -2.50. The number of carbonyl (C=O) groups excluding carboxylic acids is 1. The fourth-order valence-corrected chi connectivity index (χ4v) is 4.38. The van der Waals surface area contributed by atoms with Crippen molar-refractivity contribution in [1.82, 2.24) is 0 Å². The lowest BCUT2D eigenvalue weighted by Gasteiger charge is -2.27. The van der Waals surface area contributed by atoms with E-state index in [9.17, 15) is 9.90 Å². The van der Waals surface area contributed by atoms with Crippen LogP contribution in [0.15, 0.2) is 48.5 Å². The average molecular weight is 386 g/mol. The molecule has 1 N–H and O–H groups in total. The standard InChI is InChI=1S/C20H16ClNO3S/c1-25-17-11-15(6-7-16(17)23)22-9-8-13-10-18(26-19(13)20(22)24)12-2-4-14(21)5-3-12/h2-7,10-11,23H,8-9H2,1H3. The van der Waals surface area contributed by atoms with Crippen molar-refractivity contribution in [1.29, 1.82) is 0 Å². The van der Waals surface area contributed by atoms with Gasteiger partial charge in [0.25, 0.3) is 5.91 Å². The molecule has 4 rings (SSSR count). The Bertz CT molecular complexity index is 981. The number of rotatable bonds is 3. The van der Waals surface area contributed by atoms with Crippen molar-refractivity contribution >= 4 is 34.5 Å². The molecule has 0 bridgehead atoms. The zero-order valence-corrected chi connectivity index (χ0v) is 15.6. The molecule has 3 aromatic rings. The summed E-state index contributed by atoms with van der Waals surface area (Å²) in [5, 5.41) is 10.5. The van der Waals surface area contributed by atoms with Crippen LogP contribution in [-0.4, -0.2) is 24.7 Å². The second-order valence-electron chi connectivity index (χ2n) is 6.03. The summed E-state index contributed by atoms with van der Waals surface area (Å²) in [6.45, 7) is 0.594. The molecular weight excluding hydrogens is 370 g/mol. The van der Waals surface area contributed by atoms with Gasteiger partial charge >= 0.3 is 0 Å². The van der Waals surface area contributed by atoms with Gasteiger partial charge in [-0.1, -0.05) is 23.7 Å². The number of carbonyl (C=O) groups is 1. The molecule has 0 fully saturated rings. The van der Waals surface area contributed by atoms with E-state index in [2.05, 4.69) is 6.07 Å². The highest BCUT2D eigenvalue weighted by molar-refractivity contribution is 7.17. The van der Waals surface area contributed by atoms with Crippen LogP contribution in [0.25, 0.3) is 10.4 Å². The number of methoxy groups -OCH3 is 1. The Kier molecular flexibility index (Phi) is 4.34. The molecule has 2 aromatic carbocycles. The number of hydrogen-bond acceptors (Lipinski definition) is 4. The van der Waals surface area contributed by atoms with Crippen molar-refractivity contribution in [2.45, 2.75) is 6.42 Å². The van der Waals surface area contributed by atoms with E-state index in [4.69, 9.17) is 16.3 Å². The number of phenolic OH excluding ortho intramolecular Hbond substituents is 1. The minimum absolute atomic E-state index is 0.0239. The number of halogens is 1. The fraction of sp³-hybridized carbons (Fsp3) is 0.150. The van der Waals surface area contributed by atoms with Gasteiger partial charge in [0.05, 0.1) is 12.0 Å². The van der Waals surface area contributed by atoms with Crippen LogP contribution in [0.1, 0.15) is 15.2 Å². The van der Waals surface area contributed by atoms with Gasteiger partial charge in [0.2, 0.25) is 0 Å². The predicted octanol–water partition coefficient (Wildman–Crippen LogP) is 4.99. The molecule has 0 atom stereocenters. The van der Waals surface area contributed by atoms with E-state index in [-0.39, 0.29) is 11.7 Å². The number of hydrogen-bond donors (Lipinski definition) is 1. The third-order valence-electron chi connectivity index (χ3n) is 4.46. The first-order valence-electron chi connectivity index (χ1n) is 8.14. The van der Waals surface area contributed by atoms with Crippen molar-refractivity contribution in [3.63, 3.8) is 0 Å². The third kappa shape index (κ3) is 2.93. The molecule has 26 heavy (non-hydrogen) atoms. The second kappa shape index (κ2) is 6.67. The lowest BCUT2D eigenvalue weighted by atomic mass is 10.1. The highest BCUT2D eigenvalue weighted by Crippen LogP contribution is 2.38. The molecule has 2 heterocycles. The van der Waals surface area contributed by atoms with E-state index in [0.717, 1.165) is 33.0 Å². The summed E-state index contributed by atoms with van der Waals surface area (Å²) in [6.07, 6.45) is 0.786. The van der Waals surface area contributed by atoms with Crippen LogP contribution in [0.5, 0.6) is 11.5 Å². The van der Waals surface area contributed by atoms with Gasteiger partial charge in [-0.2, -0.15) is 0 Å². The first kappa shape index (κ1) is 16.9. The fourth-order valence-electron chi connectivity index (χ4n) is 3.09. The zero-order valence-electron chi connectivity index (χ0n) is 14.0. The Labute approximate surface area is 160 Å². The number of fused-ring (bicyclic) bond motifs is 1. The largest absolute Gasteiger partial charge is 0.504 e. The number of amides is 1. The van der Waals surface area contributed by atoms with Crippen LogP contribution in [0, 0.1) is 0 Å². The van der Waals surface area contributed by atoms with E-state index in [1.807, 2.05) is 24.3 Å². The van der Waals surface area contributed by atoms with Crippen molar-refractivity contribution in [3.8, 4) is 21.9 Å². The number of aromatic hydroxyl groups is 1. The van der Waals surface area contributed by atoms with E-state index in [1.165, 1.54) is 18.4 Å². The second-order valence-corrected chi connectivity index (χ2v) is 7.52. The van der Waals surface area contributed by atoms with Gasteiger partial charge in [0.1, 0.15) is 0 Å². The number of benzene rings is 2. The summed E-state index contributed by atoms with van der Waals surface area (Å²) < 4.78 is 5.16. The normalized spacial score (nSPS) is 13.6. The minimum Gasteiger partial charge on any atom is -0.504 e. The molecule has 0 spiro atoms. The molecule has 0 radical (unpaired) electrons. The first-order valence-corrected chi connectivity index (χ1v) is 9.34. The Morgan fingerprint density at radius 2 is 1.92 bits per heavy atom. The highest BCUT2D eigenvalue weighted by Gasteiger charge is 2.28. The van der Waals surface area contributed by atoms with Crippen molar-refractivity contribution in [2.24, 2.45) is 0 Å². The van der Waals surface area contributed by atoms with Crippen LogP contribution in [-0.2, 0) is 6.42 Å². The molecule has 1 aliphatic heterocycles. The molecule has 0 saturated carbocycles. The number of ether oxygens (including phenoxy) is 1. The van der Waals surface area contributed by atoms with Gasteiger partial charge in [-0.15, -0.1) is 11.3 Å². The number of anilines is 1. The molecule has 1 aromatic heterocycles. The monoisotopic (exact) mass is 385 g/mol. The topological polar surface area (TPSA) is 49.8 Å². The SMILES string of the molecule is COc1cc(N2CCc3cc(-c4ccc(Cl)cc4)sc3C2=O)ccc1O. The minimum atomic E-state index is -0.0239. The van der Waals surface area contributed by atoms with Crippen molar-refractivity contribution in [3.05, 3.63) is 64.0 Å². The molecule has 0 saturated heterocycles. The van der Waals surface area contributed by atoms with E-state index >= 15 is 0 Å². The van der Waals surface area contributed by atoms with Crippen LogP contribution < -0.4 is 9.64 Å². The predicted molar refractivity (Wildman–Crippen MR) is 105 cm³/mol. The van der Waals surface area contributed by atoms with Crippen LogP contribution >= 0.6 is 22.9 Å². The van der Waals surface area contributed by atoms with Crippen molar-refractivity contribution < 1.29 is 14.6 Å². The van der Waals surface area contributed by atoms with Gasteiger partial charge in [0, 0.05) is 28.2 Å². The molecule has 6 heteroatoms. The van der Waals surface area contributed by atoms with Crippen LogP contribution in [0.4, 0.5) is 5.69 Å². The van der Waals surface area contributed by atoms with Gasteiger partial charge in [-0.25, -0.2) is 0 Å². The summed E-state index contributed by atoms with van der Waals surface area (Å²) in [5.74, 6) is 0.390. The summed E-state index contributed by atoms with van der Waals surface area (Å²) in [6, 6.07) is 14.7. The smallest absolute Gasteiger partial charge is 0.268 e. The van der Waals surface area contributed by atoms with Gasteiger partial charge in [-0.3, -0.25) is 4.79 Å². The Morgan fingerprint density at radius 3 is 2.65 bits per heavy atom. The Balaban J connectivity index is 1.67.